The van der Waals surface area contributed by atoms with E-state index in [4.69, 9.17) is 5.11 Å². The van der Waals surface area contributed by atoms with E-state index >= 15 is 0 Å². The average Bonchev–Trinajstić information content (AvgIpc) is 3.38. The van der Waals surface area contributed by atoms with Crippen molar-refractivity contribution in [2.75, 3.05) is 10.6 Å². The number of amides is 2. The van der Waals surface area contributed by atoms with E-state index in [1.807, 2.05) is 19.1 Å². The van der Waals surface area contributed by atoms with Crippen molar-refractivity contribution in [2.24, 2.45) is 5.92 Å². The van der Waals surface area contributed by atoms with Crippen molar-refractivity contribution < 1.29 is 19.5 Å². The Balaban J connectivity index is 1.68. The molecule has 6 heteroatoms. The molecule has 26 heavy (non-hydrogen) atoms. The molecule has 134 valence electrons. The van der Waals surface area contributed by atoms with Gasteiger partial charge in [-0.2, -0.15) is 0 Å². The van der Waals surface area contributed by atoms with Crippen molar-refractivity contribution in [3.63, 3.8) is 0 Å². The zero-order valence-corrected chi connectivity index (χ0v) is 14.6. The van der Waals surface area contributed by atoms with Crippen LogP contribution < -0.4 is 10.6 Å². The summed E-state index contributed by atoms with van der Waals surface area (Å²) < 4.78 is 0. The van der Waals surface area contributed by atoms with Crippen molar-refractivity contribution >= 4 is 29.2 Å². The van der Waals surface area contributed by atoms with E-state index < -0.39 is 5.97 Å². The molecule has 3 rings (SSSR count). The molecule has 2 atom stereocenters. The van der Waals surface area contributed by atoms with Gasteiger partial charge in [-0.3, -0.25) is 14.4 Å². The molecule has 1 aliphatic rings. The molecule has 0 spiro atoms. The van der Waals surface area contributed by atoms with Gasteiger partial charge in [0.05, 0.1) is 5.92 Å². The Morgan fingerprint density at radius 1 is 1.04 bits per heavy atom. The number of carbonyl (C=O) groups is 3. The first-order valence-electron chi connectivity index (χ1n) is 8.37. The molecule has 0 aromatic heterocycles. The van der Waals surface area contributed by atoms with Gasteiger partial charge in [-0.05, 0) is 54.7 Å². The lowest BCUT2D eigenvalue weighted by atomic mass is 10.1. The summed E-state index contributed by atoms with van der Waals surface area (Å²) in [6, 6.07) is 12.4. The monoisotopic (exact) mass is 352 g/mol. The van der Waals surface area contributed by atoms with E-state index in [1.54, 1.807) is 30.3 Å². The fraction of sp³-hybridized carbons (Fsp3) is 0.250. The van der Waals surface area contributed by atoms with Gasteiger partial charge >= 0.3 is 5.97 Å². The van der Waals surface area contributed by atoms with Crippen LogP contribution in [0, 0.1) is 12.8 Å². The highest BCUT2D eigenvalue weighted by Gasteiger charge is 2.43. The highest BCUT2D eigenvalue weighted by atomic mass is 16.4. The number of carbonyl (C=O) groups excluding carboxylic acids is 2. The Bertz CT molecular complexity index is 874. The van der Waals surface area contributed by atoms with Crippen molar-refractivity contribution in [1.82, 2.24) is 0 Å². The Morgan fingerprint density at radius 2 is 1.73 bits per heavy atom. The van der Waals surface area contributed by atoms with Crippen LogP contribution in [0.15, 0.2) is 42.5 Å². The lowest BCUT2D eigenvalue weighted by molar-refractivity contribution is -0.138. The zero-order chi connectivity index (χ0) is 18.8. The van der Waals surface area contributed by atoms with Crippen LogP contribution in [0.3, 0.4) is 0 Å². The van der Waals surface area contributed by atoms with Crippen molar-refractivity contribution in [1.29, 1.82) is 0 Å². The van der Waals surface area contributed by atoms with Gasteiger partial charge < -0.3 is 15.7 Å². The molecule has 2 amide bonds. The molecule has 2 aromatic carbocycles. The van der Waals surface area contributed by atoms with Crippen LogP contribution in [0.25, 0.3) is 0 Å². The number of rotatable bonds is 5. The number of carboxylic acid groups (broad SMARTS) is 1. The molecule has 2 aromatic rings. The molecule has 0 unspecified atom stereocenters. The molecular weight excluding hydrogens is 332 g/mol. The Morgan fingerprint density at radius 3 is 2.31 bits per heavy atom. The largest absolute Gasteiger partial charge is 0.481 e. The van der Waals surface area contributed by atoms with E-state index in [9.17, 15) is 14.4 Å². The van der Waals surface area contributed by atoms with Gasteiger partial charge in [0, 0.05) is 23.9 Å². The fourth-order valence-electron chi connectivity index (χ4n) is 2.94. The normalized spacial score (nSPS) is 18.1. The smallest absolute Gasteiger partial charge is 0.307 e. The average molecular weight is 352 g/mol. The van der Waals surface area contributed by atoms with E-state index in [0.717, 1.165) is 11.1 Å². The maximum atomic E-state index is 12.4. The minimum Gasteiger partial charge on any atom is -0.481 e. The number of benzene rings is 2. The van der Waals surface area contributed by atoms with Gasteiger partial charge in [-0.25, -0.2) is 0 Å². The molecule has 0 radical (unpaired) electrons. The van der Waals surface area contributed by atoms with Crippen LogP contribution in [0.2, 0.25) is 0 Å². The first kappa shape index (κ1) is 17.7. The molecule has 0 heterocycles. The van der Waals surface area contributed by atoms with E-state index in [1.165, 1.54) is 6.92 Å². The lowest BCUT2D eigenvalue weighted by Crippen LogP contribution is -2.13. The standard InChI is InChI=1S/C20H20N2O4/c1-11-3-4-14(9-18(11)21-12(2)23)19(24)22-15-7-5-13(6-8-15)16-10-17(16)20(25)26/h3-9,16-17H,10H2,1-2H3,(H,21,23)(H,22,24)(H,25,26)/t16-,17+/m0/s1. The Kier molecular flexibility index (Phi) is 4.75. The molecule has 3 N–H and O–H groups in total. The van der Waals surface area contributed by atoms with Gasteiger partial charge in [0.2, 0.25) is 5.91 Å². The van der Waals surface area contributed by atoms with Crippen LogP contribution in [-0.4, -0.2) is 22.9 Å². The van der Waals surface area contributed by atoms with Crippen LogP contribution in [0.5, 0.6) is 0 Å². The number of nitrogens with one attached hydrogen (secondary N) is 2. The van der Waals surface area contributed by atoms with Gasteiger partial charge in [0.25, 0.3) is 5.91 Å². The number of carboxylic acids is 1. The predicted molar refractivity (Wildman–Crippen MR) is 98.4 cm³/mol. The van der Waals surface area contributed by atoms with Gasteiger partial charge in [0.1, 0.15) is 0 Å². The number of anilines is 2. The molecule has 0 aliphatic heterocycles. The SMILES string of the molecule is CC(=O)Nc1cc(C(=O)Nc2ccc([C@@H]3C[C@H]3C(=O)O)cc2)ccc1C. The third-order valence-electron chi connectivity index (χ3n) is 4.51. The summed E-state index contributed by atoms with van der Waals surface area (Å²) in [5, 5.41) is 14.5. The summed E-state index contributed by atoms with van der Waals surface area (Å²) in [6.07, 6.45) is 0.663. The van der Waals surface area contributed by atoms with E-state index in [2.05, 4.69) is 10.6 Å². The highest BCUT2D eigenvalue weighted by molar-refractivity contribution is 6.05. The number of aryl methyl sites for hydroxylation is 1. The maximum Gasteiger partial charge on any atom is 0.307 e. The van der Waals surface area contributed by atoms with Gasteiger partial charge in [-0.15, -0.1) is 0 Å². The molecule has 1 fully saturated rings. The first-order chi connectivity index (χ1) is 12.3. The molecule has 0 bridgehead atoms. The second kappa shape index (κ2) is 7.00. The number of aliphatic carboxylic acids is 1. The van der Waals surface area contributed by atoms with Gasteiger partial charge in [0.15, 0.2) is 0 Å². The van der Waals surface area contributed by atoms with Crippen molar-refractivity contribution in [3.05, 3.63) is 59.2 Å². The molecule has 6 nitrogen and oxygen atoms in total. The molecular formula is C20H20N2O4. The molecule has 1 aliphatic carbocycles. The van der Waals surface area contributed by atoms with E-state index in [-0.39, 0.29) is 23.7 Å². The maximum absolute atomic E-state index is 12.4. The third kappa shape index (κ3) is 3.91. The Labute approximate surface area is 151 Å². The van der Waals surface area contributed by atoms with Gasteiger partial charge in [-0.1, -0.05) is 18.2 Å². The second-order valence-corrected chi connectivity index (χ2v) is 6.57. The minimum atomic E-state index is -0.762. The minimum absolute atomic E-state index is 0.0644. The molecule has 1 saturated carbocycles. The summed E-state index contributed by atoms with van der Waals surface area (Å²) in [7, 11) is 0. The summed E-state index contributed by atoms with van der Waals surface area (Å²) >= 11 is 0. The van der Waals surface area contributed by atoms with Crippen molar-refractivity contribution in [2.45, 2.75) is 26.2 Å². The summed E-state index contributed by atoms with van der Waals surface area (Å²) in [5.74, 6) is -1.47. The van der Waals surface area contributed by atoms with Crippen LogP contribution in [0.4, 0.5) is 11.4 Å². The molecule has 0 saturated heterocycles. The van der Waals surface area contributed by atoms with E-state index in [0.29, 0.717) is 23.4 Å². The van der Waals surface area contributed by atoms with Crippen LogP contribution in [-0.2, 0) is 9.59 Å². The number of hydrogen-bond donors (Lipinski definition) is 3. The summed E-state index contributed by atoms with van der Waals surface area (Å²) in [5.41, 5.74) is 3.52. The topological polar surface area (TPSA) is 95.5 Å². The summed E-state index contributed by atoms with van der Waals surface area (Å²) in [4.78, 5) is 34.6. The Hall–Kier alpha value is -3.15. The first-order valence-corrected chi connectivity index (χ1v) is 8.37. The van der Waals surface area contributed by atoms with Crippen molar-refractivity contribution in [3.8, 4) is 0 Å². The second-order valence-electron chi connectivity index (χ2n) is 6.57. The summed E-state index contributed by atoms with van der Waals surface area (Å²) in [6.45, 7) is 3.27. The number of hydrogen-bond acceptors (Lipinski definition) is 3. The fourth-order valence-corrected chi connectivity index (χ4v) is 2.94. The van der Waals surface area contributed by atoms with Crippen LogP contribution in [0.1, 0.15) is 40.7 Å². The quantitative estimate of drug-likeness (QED) is 0.768. The predicted octanol–water partition coefficient (Wildman–Crippen LogP) is 3.39. The third-order valence-corrected chi connectivity index (χ3v) is 4.51. The zero-order valence-electron chi connectivity index (χ0n) is 14.6. The van der Waals surface area contributed by atoms with Crippen LogP contribution >= 0.6 is 0 Å². The highest BCUT2D eigenvalue weighted by Crippen LogP contribution is 2.47. The lowest BCUT2D eigenvalue weighted by Gasteiger charge is -2.10.